The van der Waals surface area contributed by atoms with Gasteiger partial charge in [0.15, 0.2) is 0 Å². The maximum Gasteiger partial charge on any atom is 0.253 e. The maximum absolute atomic E-state index is 13.2. The van der Waals surface area contributed by atoms with Gasteiger partial charge in [0.2, 0.25) is 0 Å². The largest absolute Gasteiger partial charge is 0.396 e. The molecule has 4 nitrogen and oxygen atoms in total. The lowest BCUT2D eigenvalue weighted by Gasteiger charge is -2.06. The Hall–Kier alpha value is -2.17. The lowest BCUT2D eigenvalue weighted by molar-refractivity contribution is 0.626. The molecule has 0 saturated heterocycles. The summed E-state index contributed by atoms with van der Waals surface area (Å²) in [6.07, 6.45) is 1.45. The van der Waals surface area contributed by atoms with E-state index in [2.05, 4.69) is 4.98 Å². The zero-order valence-electron chi connectivity index (χ0n) is 9.35. The van der Waals surface area contributed by atoms with E-state index < -0.39 is 5.82 Å². The lowest BCUT2D eigenvalue weighted by atomic mass is 10.2. The van der Waals surface area contributed by atoms with Gasteiger partial charge in [-0.2, -0.15) is 0 Å². The number of anilines is 1. The van der Waals surface area contributed by atoms with Crippen molar-refractivity contribution in [2.24, 2.45) is 0 Å². The van der Waals surface area contributed by atoms with Crippen molar-refractivity contribution in [3.63, 3.8) is 0 Å². The molecule has 0 aliphatic carbocycles. The summed E-state index contributed by atoms with van der Waals surface area (Å²) in [5.74, 6) is -0.476. The second-order valence-corrected chi connectivity index (χ2v) is 3.85. The van der Waals surface area contributed by atoms with Gasteiger partial charge in [-0.05, 0) is 24.6 Å². The van der Waals surface area contributed by atoms with Crippen molar-refractivity contribution in [3.8, 4) is 0 Å². The molecule has 0 atom stereocenters. The number of rotatable bonds is 2. The number of benzene rings is 1. The number of nitrogen functional groups attached to an aromatic ring is 1. The summed E-state index contributed by atoms with van der Waals surface area (Å²) < 4.78 is 14.6. The van der Waals surface area contributed by atoms with Crippen molar-refractivity contribution in [2.45, 2.75) is 13.5 Å². The quantitative estimate of drug-likeness (QED) is 0.796. The summed E-state index contributed by atoms with van der Waals surface area (Å²) in [5.41, 5.74) is 6.65. The molecule has 17 heavy (non-hydrogen) atoms. The molecule has 1 aromatic carbocycles. The van der Waals surface area contributed by atoms with Crippen LogP contribution in [0.4, 0.5) is 10.1 Å². The second-order valence-electron chi connectivity index (χ2n) is 3.85. The SMILES string of the molecule is Cc1cc(=O)n(Cc2ccc(N)c(F)c2)cn1. The average Bonchev–Trinajstić information content (AvgIpc) is 2.27. The third-order valence-electron chi connectivity index (χ3n) is 2.43. The van der Waals surface area contributed by atoms with E-state index in [0.29, 0.717) is 11.3 Å². The number of aryl methyl sites for hydroxylation is 1. The van der Waals surface area contributed by atoms with Gasteiger partial charge in [0.25, 0.3) is 5.56 Å². The number of hydrogen-bond donors (Lipinski definition) is 1. The number of hydrogen-bond acceptors (Lipinski definition) is 3. The molecule has 0 amide bonds. The highest BCUT2D eigenvalue weighted by atomic mass is 19.1. The van der Waals surface area contributed by atoms with Gasteiger partial charge in [0.05, 0.1) is 18.6 Å². The van der Waals surface area contributed by atoms with Crippen LogP contribution >= 0.6 is 0 Å². The predicted molar refractivity (Wildman–Crippen MR) is 63.1 cm³/mol. The Balaban J connectivity index is 2.31. The zero-order valence-corrected chi connectivity index (χ0v) is 9.35. The van der Waals surface area contributed by atoms with Gasteiger partial charge in [-0.15, -0.1) is 0 Å². The molecule has 0 aliphatic heterocycles. The summed E-state index contributed by atoms with van der Waals surface area (Å²) >= 11 is 0. The Kier molecular flexibility index (Phi) is 2.91. The van der Waals surface area contributed by atoms with Crippen LogP contribution < -0.4 is 11.3 Å². The molecule has 0 unspecified atom stereocenters. The lowest BCUT2D eigenvalue weighted by Crippen LogP contribution is -2.20. The smallest absolute Gasteiger partial charge is 0.253 e. The molecular weight excluding hydrogens is 221 g/mol. The molecule has 88 valence electrons. The third kappa shape index (κ3) is 2.50. The van der Waals surface area contributed by atoms with Crippen molar-refractivity contribution in [1.82, 2.24) is 9.55 Å². The maximum atomic E-state index is 13.2. The van der Waals surface area contributed by atoms with Gasteiger partial charge in [-0.1, -0.05) is 6.07 Å². The second kappa shape index (κ2) is 4.37. The Bertz CT molecular complexity index is 607. The summed E-state index contributed by atoms with van der Waals surface area (Å²) in [5, 5.41) is 0. The Morgan fingerprint density at radius 1 is 1.41 bits per heavy atom. The fourth-order valence-electron chi connectivity index (χ4n) is 1.50. The first kappa shape index (κ1) is 11.3. The Morgan fingerprint density at radius 2 is 2.18 bits per heavy atom. The first-order valence-electron chi connectivity index (χ1n) is 5.13. The molecule has 0 radical (unpaired) electrons. The van der Waals surface area contributed by atoms with E-state index >= 15 is 0 Å². The van der Waals surface area contributed by atoms with Crippen LogP contribution in [-0.2, 0) is 6.54 Å². The average molecular weight is 233 g/mol. The highest BCUT2D eigenvalue weighted by molar-refractivity contribution is 5.41. The van der Waals surface area contributed by atoms with Crippen molar-refractivity contribution < 1.29 is 4.39 Å². The molecule has 0 bridgehead atoms. The van der Waals surface area contributed by atoms with E-state index in [1.165, 1.54) is 29.1 Å². The minimum Gasteiger partial charge on any atom is -0.396 e. The molecule has 0 spiro atoms. The Morgan fingerprint density at radius 3 is 2.82 bits per heavy atom. The minimum absolute atomic E-state index is 0.100. The summed E-state index contributed by atoms with van der Waals surface area (Å²) in [7, 11) is 0. The molecule has 2 N–H and O–H groups in total. The number of nitrogens with zero attached hydrogens (tertiary/aromatic N) is 2. The fourth-order valence-corrected chi connectivity index (χ4v) is 1.50. The van der Waals surface area contributed by atoms with Crippen molar-refractivity contribution >= 4 is 5.69 Å². The fraction of sp³-hybridized carbons (Fsp3) is 0.167. The molecule has 0 saturated carbocycles. The minimum atomic E-state index is -0.476. The summed E-state index contributed by atoms with van der Waals surface area (Å²) in [6.45, 7) is 2.03. The van der Waals surface area contributed by atoms with Gasteiger partial charge in [-0.25, -0.2) is 9.37 Å². The highest BCUT2D eigenvalue weighted by Gasteiger charge is 2.02. The molecule has 5 heteroatoms. The van der Waals surface area contributed by atoms with E-state index in [1.54, 1.807) is 13.0 Å². The van der Waals surface area contributed by atoms with E-state index in [1.807, 2.05) is 0 Å². The van der Waals surface area contributed by atoms with Crippen molar-refractivity contribution in [2.75, 3.05) is 5.73 Å². The van der Waals surface area contributed by atoms with E-state index in [4.69, 9.17) is 5.73 Å². The van der Waals surface area contributed by atoms with Crippen molar-refractivity contribution in [1.29, 1.82) is 0 Å². The van der Waals surface area contributed by atoms with Gasteiger partial charge >= 0.3 is 0 Å². The van der Waals surface area contributed by atoms with Crippen LogP contribution in [0.15, 0.2) is 35.4 Å². The molecule has 2 rings (SSSR count). The predicted octanol–water partition coefficient (Wildman–Crippen LogP) is 1.32. The van der Waals surface area contributed by atoms with E-state index in [9.17, 15) is 9.18 Å². The van der Waals surface area contributed by atoms with E-state index in [0.717, 1.165) is 0 Å². The van der Waals surface area contributed by atoms with Gasteiger partial charge in [-0.3, -0.25) is 9.36 Å². The molecule has 1 aromatic heterocycles. The number of aromatic nitrogens is 2. The first-order valence-corrected chi connectivity index (χ1v) is 5.13. The van der Waals surface area contributed by atoms with Crippen LogP contribution in [0.2, 0.25) is 0 Å². The topological polar surface area (TPSA) is 60.9 Å². The summed E-state index contributed by atoms with van der Waals surface area (Å²) in [6, 6.07) is 5.93. The molecule has 1 heterocycles. The van der Waals surface area contributed by atoms with Gasteiger partial charge in [0.1, 0.15) is 5.82 Å². The van der Waals surface area contributed by atoms with Crippen LogP contribution in [-0.4, -0.2) is 9.55 Å². The molecule has 2 aromatic rings. The van der Waals surface area contributed by atoms with Gasteiger partial charge in [0, 0.05) is 11.8 Å². The molecule has 0 aliphatic rings. The van der Waals surface area contributed by atoms with Crippen LogP contribution in [0, 0.1) is 12.7 Å². The van der Waals surface area contributed by atoms with E-state index in [-0.39, 0.29) is 17.8 Å². The number of halogens is 1. The van der Waals surface area contributed by atoms with Crippen LogP contribution in [0.5, 0.6) is 0 Å². The van der Waals surface area contributed by atoms with Gasteiger partial charge < -0.3 is 5.73 Å². The highest BCUT2D eigenvalue weighted by Crippen LogP contribution is 2.12. The summed E-state index contributed by atoms with van der Waals surface area (Å²) in [4.78, 5) is 15.6. The van der Waals surface area contributed by atoms with Crippen molar-refractivity contribution in [3.05, 3.63) is 58.0 Å². The molecular formula is C12H12FN3O. The standard InChI is InChI=1S/C12H12FN3O/c1-8-4-12(17)16(7-15-8)6-9-2-3-11(14)10(13)5-9/h2-5,7H,6,14H2,1H3. The number of nitrogens with two attached hydrogens (primary N) is 1. The van der Waals surface area contributed by atoms with Crippen LogP contribution in [0.25, 0.3) is 0 Å². The molecule has 0 fully saturated rings. The van der Waals surface area contributed by atoms with Crippen LogP contribution in [0.1, 0.15) is 11.3 Å². The monoisotopic (exact) mass is 233 g/mol. The zero-order chi connectivity index (χ0) is 12.4. The normalized spacial score (nSPS) is 10.5. The Labute approximate surface area is 97.5 Å². The first-order chi connectivity index (χ1) is 8.06. The third-order valence-corrected chi connectivity index (χ3v) is 2.43. The van der Waals surface area contributed by atoms with Crippen LogP contribution in [0.3, 0.4) is 0 Å².